The van der Waals surface area contributed by atoms with Gasteiger partial charge in [-0.3, -0.25) is 0 Å². The van der Waals surface area contributed by atoms with E-state index in [1.165, 1.54) is 13.5 Å². The molecular weight excluding hydrogens is 332 g/mol. The fourth-order valence-corrected chi connectivity index (χ4v) is 4.16. The van der Waals surface area contributed by atoms with E-state index in [9.17, 15) is 0 Å². The minimum atomic E-state index is 0.351. The van der Waals surface area contributed by atoms with E-state index >= 15 is 0 Å². The van der Waals surface area contributed by atoms with E-state index < -0.39 is 0 Å². The SMILES string of the molecule is Brc1ccc(C(Br)c2cccs2)s1. The largest absolute Gasteiger partial charge is 0.147 e. The molecule has 2 rings (SSSR count). The van der Waals surface area contributed by atoms with Crippen LogP contribution in [-0.2, 0) is 0 Å². The molecule has 13 heavy (non-hydrogen) atoms. The van der Waals surface area contributed by atoms with E-state index in [2.05, 4.69) is 61.5 Å². The fourth-order valence-electron chi connectivity index (χ4n) is 1.04. The molecule has 0 amide bonds. The maximum atomic E-state index is 3.69. The van der Waals surface area contributed by atoms with Gasteiger partial charge >= 0.3 is 0 Å². The van der Waals surface area contributed by atoms with E-state index in [4.69, 9.17) is 0 Å². The van der Waals surface area contributed by atoms with Gasteiger partial charge in [-0.05, 0) is 39.5 Å². The zero-order chi connectivity index (χ0) is 9.26. The highest BCUT2D eigenvalue weighted by atomic mass is 79.9. The Morgan fingerprint density at radius 3 is 2.54 bits per heavy atom. The lowest BCUT2D eigenvalue weighted by Crippen LogP contribution is -1.82. The van der Waals surface area contributed by atoms with Crippen molar-refractivity contribution in [2.45, 2.75) is 4.83 Å². The van der Waals surface area contributed by atoms with Crippen molar-refractivity contribution >= 4 is 54.5 Å². The van der Waals surface area contributed by atoms with Crippen LogP contribution in [0.1, 0.15) is 14.6 Å². The quantitative estimate of drug-likeness (QED) is 0.672. The van der Waals surface area contributed by atoms with Gasteiger partial charge in [0.2, 0.25) is 0 Å². The summed E-state index contributed by atoms with van der Waals surface area (Å²) in [5.41, 5.74) is 0. The second kappa shape index (κ2) is 4.26. The topological polar surface area (TPSA) is 0 Å². The average Bonchev–Trinajstić information content (AvgIpc) is 2.72. The highest BCUT2D eigenvalue weighted by molar-refractivity contribution is 9.11. The summed E-state index contributed by atoms with van der Waals surface area (Å²) in [6.07, 6.45) is 0. The standard InChI is InChI=1S/C9H6Br2S2/c10-8-4-3-7(13-8)9(11)6-2-1-5-12-6/h1-5,9H. The van der Waals surface area contributed by atoms with Crippen molar-refractivity contribution < 1.29 is 0 Å². The molecule has 0 bridgehead atoms. The lowest BCUT2D eigenvalue weighted by atomic mass is 10.3. The van der Waals surface area contributed by atoms with Gasteiger partial charge in [0.15, 0.2) is 0 Å². The number of hydrogen-bond donors (Lipinski definition) is 0. The summed E-state index contributed by atoms with van der Waals surface area (Å²) in [4.78, 5) is 3.05. The number of alkyl halides is 1. The summed E-state index contributed by atoms with van der Waals surface area (Å²) >= 11 is 10.7. The summed E-state index contributed by atoms with van der Waals surface area (Å²) < 4.78 is 1.18. The zero-order valence-electron chi connectivity index (χ0n) is 6.54. The molecule has 0 aliphatic heterocycles. The molecule has 0 nitrogen and oxygen atoms in total. The fraction of sp³-hybridized carbons (Fsp3) is 0.111. The van der Waals surface area contributed by atoms with E-state index in [0.717, 1.165) is 0 Å². The maximum absolute atomic E-state index is 3.69. The van der Waals surface area contributed by atoms with E-state index in [1.54, 1.807) is 22.7 Å². The molecule has 0 aliphatic carbocycles. The van der Waals surface area contributed by atoms with Crippen molar-refractivity contribution in [3.8, 4) is 0 Å². The summed E-state index contributed by atoms with van der Waals surface area (Å²) in [6.45, 7) is 0. The van der Waals surface area contributed by atoms with Gasteiger partial charge in [-0.2, -0.15) is 0 Å². The minimum Gasteiger partial charge on any atom is -0.147 e. The summed E-state index contributed by atoms with van der Waals surface area (Å²) in [6, 6.07) is 8.46. The number of thiophene rings is 2. The van der Waals surface area contributed by atoms with Crippen LogP contribution in [-0.4, -0.2) is 0 Å². The summed E-state index contributed by atoms with van der Waals surface area (Å²) in [5.74, 6) is 0. The van der Waals surface area contributed by atoms with Crippen molar-refractivity contribution in [1.29, 1.82) is 0 Å². The number of rotatable bonds is 2. The van der Waals surface area contributed by atoms with Gasteiger partial charge in [-0.15, -0.1) is 22.7 Å². The van der Waals surface area contributed by atoms with Crippen LogP contribution in [0.3, 0.4) is 0 Å². The van der Waals surface area contributed by atoms with Crippen molar-refractivity contribution in [2.75, 3.05) is 0 Å². The highest BCUT2D eigenvalue weighted by Gasteiger charge is 2.12. The van der Waals surface area contributed by atoms with Crippen LogP contribution in [0.2, 0.25) is 0 Å². The molecule has 1 atom stereocenters. The van der Waals surface area contributed by atoms with Crippen LogP contribution in [0.5, 0.6) is 0 Å². The third-order valence-corrected chi connectivity index (χ3v) is 5.86. The first-order valence-electron chi connectivity index (χ1n) is 3.70. The number of hydrogen-bond acceptors (Lipinski definition) is 2. The Morgan fingerprint density at radius 2 is 2.00 bits per heavy atom. The van der Waals surface area contributed by atoms with E-state index in [-0.39, 0.29) is 0 Å². The van der Waals surface area contributed by atoms with Gasteiger partial charge in [0, 0.05) is 9.75 Å². The first kappa shape index (κ1) is 9.90. The van der Waals surface area contributed by atoms with Gasteiger partial charge in [0.1, 0.15) is 0 Å². The van der Waals surface area contributed by atoms with E-state index in [1.807, 2.05) is 0 Å². The van der Waals surface area contributed by atoms with Gasteiger partial charge in [-0.25, -0.2) is 0 Å². The van der Waals surface area contributed by atoms with Crippen molar-refractivity contribution in [3.63, 3.8) is 0 Å². The molecule has 0 N–H and O–H groups in total. The summed E-state index contributed by atoms with van der Waals surface area (Å²) in [5, 5.41) is 2.10. The van der Waals surface area contributed by atoms with Crippen molar-refractivity contribution in [3.05, 3.63) is 43.2 Å². The molecule has 0 saturated carbocycles. The van der Waals surface area contributed by atoms with Gasteiger partial charge < -0.3 is 0 Å². The molecule has 1 unspecified atom stereocenters. The van der Waals surface area contributed by atoms with Gasteiger partial charge in [-0.1, -0.05) is 22.0 Å². The third kappa shape index (κ3) is 2.24. The molecule has 0 fully saturated rings. The normalized spacial score (nSPS) is 13.1. The van der Waals surface area contributed by atoms with Gasteiger partial charge in [0.05, 0.1) is 8.61 Å². The van der Waals surface area contributed by atoms with Crippen molar-refractivity contribution in [1.82, 2.24) is 0 Å². The van der Waals surface area contributed by atoms with Crippen LogP contribution in [0.15, 0.2) is 33.4 Å². The van der Waals surface area contributed by atoms with Crippen LogP contribution in [0.25, 0.3) is 0 Å². The Hall–Kier alpha value is 0.360. The lowest BCUT2D eigenvalue weighted by molar-refractivity contribution is 1.29. The molecule has 4 heteroatoms. The molecule has 2 aromatic rings. The first-order chi connectivity index (χ1) is 6.27. The van der Waals surface area contributed by atoms with Crippen LogP contribution < -0.4 is 0 Å². The predicted octanol–water partition coefficient (Wildman–Crippen LogP) is 5.06. The summed E-state index contributed by atoms with van der Waals surface area (Å²) in [7, 11) is 0. The monoisotopic (exact) mass is 336 g/mol. The highest BCUT2D eigenvalue weighted by Crippen LogP contribution is 2.38. The Labute approximate surface area is 102 Å². The Morgan fingerprint density at radius 1 is 1.15 bits per heavy atom. The average molecular weight is 338 g/mol. The second-order valence-electron chi connectivity index (χ2n) is 2.52. The maximum Gasteiger partial charge on any atom is 0.0831 e. The first-order valence-corrected chi connectivity index (χ1v) is 7.10. The molecule has 0 aliphatic rings. The Bertz CT molecular complexity index is 378. The molecule has 0 radical (unpaired) electrons. The molecule has 0 aromatic carbocycles. The molecule has 0 spiro atoms. The second-order valence-corrected chi connectivity index (χ2v) is 6.91. The third-order valence-electron chi connectivity index (χ3n) is 1.64. The zero-order valence-corrected chi connectivity index (χ0v) is 11.3. The molecule has 68 valence electrons. The molecular formula is C9H6Br2S2. The predicted molar refractivity (Wildman–Crippen MR) is 67.1 cm³/mol. The Kier molecular flexibility index (Phi) is 3.24. The minimum absolute atomic E-state index is 0.351. The Balaban J connectivity index is 2.28. The lowest BCUT2D eigenvalue weighted by Gasteiger charge is -2.02. The molecule has 2 aromatic heterocycles. The van der Waals surface area contributed by atoms with Crippen LogP contribution in [0, 0.1) is 0 Å². The molecule has 2 heterocycles. The number of halogens is 2. The molecule has 0 saturated heterocycles. The smallest absolute Gasteiger partial charge is 0.0831 e. The van der Waals surface area contributed by atoms with Crippen LogP contribution in [0.4, 0.5) is 0 Å². The van der Waals surface area contributed by atoms with E-state index in [0.29, 0.717) is 4.83 Å². The van der Waals surface area contributed by atoms with Crippen LogP contribution >= 0.6 is 54.5 Å². The van der Waals surface area contributed by atoms with Gasteiger partial charge in [0.25, 0.3) is 0 Å². The van der Waals surface area contributed by atoms with Crippen molar-refractivity contribution in [2.24, 2.45) is 0 Å².